The van der Waals surface area contributed by atoms with Crippen LogP contribution in [0.25, 0.3) is 0 Å². The predicted molar refractivity (Wildman–Crippen MR) is 79.5 cm³/mol. The maximum Gasteiger partial charge on any atom is 0.265 e. The lowest BCUT2D eigenvalue weighted by molar-refractivity contribution is 0.103. The number of primary sulfonamides is 1. The number of hydrogen-bond donors (Lipinski definition) is 2. The standard InChI is InChI=1S/C13H14N2O3S2/c1-2-9-7-8-11(19-9)13(16)15-10-5-3-4-6-12(10)20(14,17)18/h3-8H,2H2,1H3,(H,15,16)(H2,14,17,18). The Hall–Kier alpha value is -1.70. The Morgan fingerprint density at radius 2 is 1.95 bits per heavy atom. The largest absolute Gasteiger partial charge is 0.320 e. The Morgan fingerprint density at radius 3 is 2.55 bits per heavy atom. The maximum atomic E-state index is 12.1. The first-order valence-corrected chi connectivity index (χ1v) is 8.30. The lowest BCUT2D eigenvalue weighted by Crippen LogP contribution is -2.17. The van der Waals surface area contributed by atoms with E-state index in [0.29, 0.717) is 4.88 Å². The Labute approximate surface area is 121 Å². The van der Waals surface area contributed by atoms with Gasteiger partial charge < -0.3 is 5.32 Å². The highest BCUT2D eigenvalue weighted by molar-refractivity contribution is 7.89. The van der Waals surface area contributed by atoms with Crippen molar-refractivity contribution >= 4 is 33.0 Å². The molecule has 106 valence electrons. The van der Waals surface area contributed by atoms with Gasteiger partial charge in [-0.1, -0.05) is 19.1 Å². The van der Waals surface area contributed by atoms with Crippen LogP contribution < -0.4 is 10.5 Å². The predicted octanol–water partition coefficient (Wildman–Crippen LogP) is 2.21. The van der Waals surface area contributed by atoms with Gasteiger partial charge in [-0.2, -0.15) is 0 Å². The summed E-state index contributed by atoms with van der Waals surface area (Å²) in [7, 11) is -3.87. The molecular weight excluding hydrogens is 296 g/mol. The Bertz CT molecular complexity index is 736. The van der Waals surface area contributed by atoms with Gasteiger partial charge in [0.1, 0.15) is 4.90 Å². The van der Waals surface area contributed by atoms with Crippen LogP contribution in [0.4, 0.5) is 5.69 Å². The van der Waals surface area contributed by atoms with Gasteiger partial charge in [-0.15, -0.1) is 11.3 Å². The zero-order valence-electron chi connectivity index (χ0n) is 10.8. The number of rotatable bonds is 4. The van der Waals surface area contributed by atoms with Gasteiger partial charge in [-0.05, 0) is 30.7 Å². The first-order chi connectivity index (χ1) is 9.41. The summed E-state index contributed by atoms with van der Waals surface area (Å²) in [5.41, 5.74) is 0.187. The number of nitrogens with one attached hydrogen (secondary N) is 1. The van der Waals surface area contributed by atoms with Crippen LogP contribution >= 0.6 is 11.3 Å². The summed E-state index contributed by atoms with van der Waals surface area (Å²) in [5.74, 6) is -0.342. The highest BCUT2D eigenvalue weighted by Gasteiger charge is 2.16. The second-order valence-corrected chi connectivity index (χ2v) is 6.81. The number of benzene rings is 1. The Balaban J connectivity index is 2.29. The molecule has 20 heavy (non-hydrogen) atoms. The molecule has 0 atom stereocenters. The molecule has 0 radical (unpaired) electrons. The number of carbonyl (C=O) groups excluding carboxylic acids is 1. The monoisotopic (exact) mass is 310 g/mol. The van der Waals surface area contributed by atoms with E-state index in [1.807, 2.05) is 13.0 Å². The van der Waals surface area contributed by atoms with Crippen LogP contribution in [0.3, 0.4) is 0 Å². The molecule has 1 amide bonds. The fraction of sp³-hybridized carbons (Fsp3) is 0.154. The number of thiophene rings is 1. The first kappa shape index (κ1) is 14.7. The summed E-state index contributed by atoms with van der Waals surface area (Å²) in [6.07, 6.45) is 0.853. The van der Waals surface area contributed by atoms with Gasteiger partial charge in [0.15, 0.2) is 0 Å². The quantitative estimate of drug-likeness (QED) is 0.907. The number of amides is 1. The molecular formula is C13H14N2O3S2. The van der Waals surface area contributed by atoms with Crippen LogP contribution in [-0.2, 0) is 16.4 Å². The van der Waals surface area contributed by atoms with Crippen LogP contribution in [0, 0.1) is 0 Å². The number of sulfonamides is 1. The molecule has 7 heteroatoms. The molecule has 0 aliphatic rings. The fourth-order valence-corrected chi connectivity index (χ4v) is 3.23. The van der Waals surface area contributed by atoms with Gasteiger partial charge in [0.05, 0.1) is 10.6 Å². The minimum absolute atomic E-state index is 0.0966. The summed E-state index contributed by atoms with van der Waals surface area (Å²) < 4.78 is 22.9. The number of aryl methyl sites for hydroxylation is 1. The SMILES string of the molecule is CCc1ccc(C(=O)Nc2ccccc2S(N)(=O)=O)s1. The number of hydrogen-bond acceptors (Lipinski definition) is 4. The Kier molecular flexibility index (Phi) is 4.22. The van der Waals surface area contributed by atoms with E-state index in [9.17, 15) is 13.2 Å². The topological polar surface area (TPSA) is 89.3 Å². The fourth-order valence-electron chi connectivity index (χ4n) is 1.69. The molecule has 0 spiro atoms. The van der Waals surface area contributed by atoms with Crippen molar-refractivity contribution in [1.29, 1.82) is 0 Å². The second kappa shape index (κ2) is 5.74. The van der Waals surface area contributed by atoms with Crippen molar-refractivity contribution < 1.29 is 13.2 Å². The van der Waals surface area contributed by atoms with E-state index >= 15 is 0 Å². The highest BCUT2D eigenvalue weighted by atomic mass is 32.2. The molecule has 0 bridgehead atoms. The average Bonchev–Trinajstić information content (AvgIpc) is 2.87. The van der Waals surface area contributed by atoms with Crippen LogP contribution in [-0.4, -0.2) is 14.3 Å². The zero-order valence-corrected chi connectivity index (χ0v) is 12.4. The molecule has 2 rings (SSSR count). The van der Waals surface area contributed by atoms with E-state index in [4.69, 9.17) is 5.14 Å². The van der Waals surface area contributed by atoms with Gasteiger partial charge in [0.2, 0.25) is 10.0 Å². The van der Waals surface area contributed by atoms with E-state index in [-0.39, 0.29) is 16.5 Å². The first-order valence-electron chi connectivity index (χ1n) is 5.93. The number of nitrogens with two attached hydrogens (primary N) is 1. The van der Waals surface area contributed by atoms with E-state index in [1.165, 1.54) is 23.5 Å². The van der Waals surface area contributed by atoms with Crippen LogP contribution in [0.1, 0.15) is 21.5 Å². The van der Waals surface area contributed by atoms with E-state index < -0.39 is 10.0 Å². The van der Waals surface area contributed by atoms with Crippen LogP contribution in [0.2, 0.25) is 0 Å². The molecule has 1 heterocycles. The lowest BCUT2D eigenvalue weighted by Gasteiger charge is -2.08. The normalized spacial score (nSPS) is 11.3. The average molecular weight is 310 g/mol. The molecule has 2 aromatic rings. The molecule has 0 aliphatic carbocycles. The van der Waals surface area contributed by atoms with Crippen molar-refractivity contribution in [3.8, 4) is 0 Å². The summed E-state index contributed by atoms with van der Waals surface area (Å²) >= 11 is 1.38. The van der Waals surface area contributed by atoms with E-state index in [0.717, 1.165) is 11.3 Å². The maximum absolute atomic E-state index is 12.1. The van der Waals surface area contributed by atoms with Crippen molar-refractivity contribution in [2.24, 2.45) is 5.14 Å². The molecule has 0 fully saturated rings. The van der Waals surface area contributed by atoms with E-state index in [2.05, 4.69) is 5.32 Å². The van der Waals surface area contributed by atoms with Crippen molar-refractivity contribution in [3.05, 3.63) is 46.2 Å². The molecule has 1 aromatic carbocycles. The van der Waals surface area contributed by atoms with Crippen molar-refractivity contribution in [2.75, 3.05) is 5.32 Å². The third-order valence-corrected chi connectivity index (χ3v) is 4.87. The van der Waals surface area contributed by atoms with Gasteiger partial charge >= 0.3 is 0 Å². The van der Waals surface area contributed by atoms with Crippen LogP contribution in [0.5, 0.6) is 0 Å². The third-order valence-electron chi connectivity index (χ3n) is 2.68. The molecule has 1 aromatic heterocycles. The summed E-state index contributed by atoms with van der Waals surface area (Å²) in [4.78, 5) is 13.6. The number of anilines is 1. The third kappa shape index (κ3) is 3.24. The molecule has 0 saturated heterocycles. The van der Waals surface area contributed by atoms with Crippen molar-refractivity contribution in [2.45, 2.75) is 18.2 Å². The number of para-hydroxylation sites is 1. The molecule has 0 unspecified atom stereocenters. The van der Waals surface area contributed by atoms with Crippen molar-refractivity contribution in [3.63, 3.8) is 0 Å². The summed E-state index contributed by atoms with van der Waals surface area (Å²) in [5, 5.41) is 7.70. The van der Waals surface area contributed by atoms with Crippen LogP contribution in [0.15, 0.2) is 41.3 Å². The van der Waals surface area contributed by atoms with Crippen molar-refractivity contribution in [1.82, 2.24) is 0 Å². The minimum Gasteiger partial charge on any atom is -0.320 e. The second-order valence-electron chi connectivity index (χ2n) is 4.11. The minimum atomic E-state index is -3.87. The zero-order chi connectivity index (χ0) is 14.8. The Morgan fingerprint density at radius 1 is 1.25 bits per heavy atom. The van der Waals surface area contributed by atoms with Gasteiger partial charge in [0, 0.05) is 4.88 Å². The summed E-state index contributed by atoms with van der Waals surface area (Å²) in [6.45, 7) is 2.00. The summed E-state index contributed by atoms with van der Waals surface area (Å²) in [6, 6.07) is 9.65. The number of carbonyl (C=O) groups is 1. The lowest BCUT2D eigenvalue weighted by atomic mass is 10.3. The molecule has 0 saturated carbocycles. The van der Waals surface area contributed by atoms with Gasteiger partial charge in [-0.25, -0.2) is 13.6 Å². The smallest absolute Gasteiger partial charge is 0.265 e. The van der Waals surface area contributed by atoms with E-state index in [1.54, 1.807) is 18.2 Å². The van der Waals surface area contributed by atoms with Gasteiger partial charge in [0.25, 0.3) is 5.91 Å². The molecule has 5 nitrogen and oxygen atoms in total. The van der Waals surface area contributed by atoms with Gasteiger partial charge in [-0.3, -0.25) is 4.79 Å². The molecule has 3 N–H and O–H groups in total. The molecule has 0 aliphatic heterocycles. The highest BCUT2D eigenvalue weighted by Crippen LogP contribution is 2.22.